The van der Waals surface area contributed by atoms with Gasteiger partial charge in [0.2, 0.25) is 10.0 Å². The minimum atomic E-state index is -4.96. The topological polar surface area (TPSA) is 74.7 Å². The highest BCUT2D eigenvalue weighted by Crippen LogP contribution is 2.46. The van der Waals surface area contributed by atoms with Gasteiger partial charge in [-0.15, -0.1) is 0 Å². The fourth-order valence-corrected chi connectivity index (χ4v) is 2.46. The van der Waals surface area contributed by atoms with E-state index < -0.39 is 47.1 Å². The molecule has 1 fully saturated rings. The number of carbonyl (C=O) groups is 1. The SMILES string of the molecule is CS(=O)(=O)N1CCC(C(=O)O)(C(F)(F)F)C1. The van der Waals surface area contributed by atoms with Crippen LogP contribution in [0.4, 0.5) is 13.2 Å². The largest absolute Gasteiger partial charge is 0.481 e. The summed E-state index contributed by atoms with van der Waals surface area (Å²) in [6.07, 6.45) is -4.96. The van der Waals surface area contributed by atoms with Gasteiger partial charge >= 0.3 is 12.1 Å². The van der Waals surface area contributed by atoms with E-state index in [1.807, 2.05) is 0 Å². The molecule has 0 aromatic rings. The van der Waals surface area contributed by atoms with Crippen molar-refractivity contribution < 1.29 is 31.5 Å². The zero-order valence-electron chi connectivity index (χ0n) is 8.28. The van der Waals surface area contributed by atoms with E-state index in [-0.39, 0.29) is 0 Å². The zero-order valence-corrected chi connectivity index (χ0v) is 9.10. The normalized spacial score (nSPS) is 28.2. The second kappa shape index (κ2) is 3.59. The van der Waals surface area contributed by atoms with Crippen molar-refractivity contribution in [1.82, 2.24) is 4.31 Å². The first-order valence-electron chi connectivity index (χ1n) is 4.26. The van der Waals surface area contributed by atoms with Crippen molar-refractivity contribution in [3.05, 3.63) is 0 Å². The van der Waals surface area contributed by atoms with Crippen molar-refractivity contribution in [2.75, 3.05) is 19.3 Å². The number of halogens is 3. The van der Waals surface area contributed by atoms with Crippen molar-refractivity contribution in [3.63, 3.8) is 0 Å². The van der Waals surface area contributed by atoms with Crippen LogP contribution in [-0.2, 0) is 14.8 Å². The van der Waals surface area contributed by atoms with E-state index in [9.17, 15) is 26.4 Å². The molecule has 0 radical (unpaired) electrons. The number of aliphatic carboxylic acids is 1. The molecule has 0 aromatic carbocycles. The molecule has 0 bridgehead atoms. The molecule has 1 atom stereocenters. The number of hydrogen-bond donors (Lipinski definition) is 1. The molecule has 1 aliphatic rings. The van der Waals surface area contributed by atoms with Crippen molar-refractivity contribution in [2.45, 2.75) is 12.6 Å². The summed E-state index contributed by atoms with van der Waals surface area (Å²) >= 11 is 0. The van der Waals surface area contributed by atoms with E-state index in [0.29, 0.717) is 4.31 Å². The molecule has 1 unspecified atom stereocenters. The van der Waals surface area contributed by atoms with Crippen LogP contribution in [0.15, 0.2) is 0 Å². The second-order valence-electron chi connectivity index (χ2n) is 3.73. The second-order valence-corrected chi connectivity index (χ2v) is 5.71. The van der Waals surface area contributed by atoms with Crippen LogP contribution in [0.2, 0.25) is 0 Å². The average Bonchev–Trinajstić information content (AvgIpc) is 2.45. The van der Waals surface area contributed by atoms with Gasteiger partial charge in [0.05, 0.1) is 6.26 Å². The summed E-state index contributed by atoms with van der Waals surface area (Å²) in [5.41, 5.74) is -2.98. The third kappa shape index (κ3) is 2.01. The molecule has 16 heavy (non-hydrogen) atoms. The third-order valence-corrected chi connectivity index (χ3v) is 3.90. The average molecular weight is 261 g/mol. The van der Waals surface area contributed by atoms with Crippen LogP contribution in [0.25, 0.3) is 0 Å². The summed E-state index contributed by atoms with van der Waals surface area (Å²) in [6, 6.07) is 0. The van der Waals surface area contributed by atoms with Crippen LogP contribution < -0.4 is 0 Å². The molecule has 9 heteroatoms. The van der Waals surface area contributed by atoms with Crippen LogP contribution in [0.1, 0.15) is 6.42 Å². The maximum Gasteiger partial charge on any atom is 0.406 e. The lowest BCUT2D eigenvalue weighted by Gasteiger charge is -2.26. The Morgan fingerprint density at radius 2 is 1.94 bits per heavy atom. The van der Waals surface area contributed by atoms with Gasteiger partial charge in [-0.3, -0.25) is 4.79 Å². The minimum Gasteiger partial charge on any atom is -0.481 e. The lowest BCUT2D eigenvalue weighted by molar-refractivity contribution is -0.226. The summed E-state index contributed by atoms with van der Waals surface area (Å²) in [7, 11) is -3.80. The number of sulfonamides is 1. The fraction of sp³-hybridized carbons (Fsp3) is 0.857. The molecule has 1 rings (SSSR count). The van der Waals surface area contributed by atoms with E-state index in [0.717, 1.165) is 6.26 Å². The molecule has 1 N–H and O–H groups in total. The highest BCUT2D eigenvalue weighted by Gasteiger charge is 2.64. The maximum absolute atomic E-state index is 12.6. The predicted octanol–water partition coefficient (Wildman–Crippen LogP) is 0.285. The molecule has 0 saturated carbocycles. The van der Waals surface area contributed by atoms with Gasteiger partial charge < -0.3 is 5.11 Å². The highest BCUT2D eigenvalue weighted by atomic mass is 32.2. The van der Waals surface area contributed by atoms with Crippen molar-refractivity contribution in [3.8, 4) is 0 Å². The van der Waals surface area contributed by atoms with Crippen LogP contribution in [-0.4, -0.2) is 49.3 Å². The van der Waals surface area contributed by atoms with Gasteiger partial charge in [0.1, 0.15) is 0 Å². The zero-order chi connectivity index (χ0) is 12.8. The smallest absolute Gasteiger partial charge is 0.406 e. The van der Waals surface area contributed by atoms with Crippen molar-refractivity contribution >= 4 is 16.0 Å². The number of rotatable bonds is 2. The molecule has 0 amide bonds. The fourth-order valence-electron chi connectivity index (χ4n) is 1.58. The Labute approximate surface area is 89.9 Å². The van der Waals surface area contributed by atoms with E-state index in [2.05, 4.69) is 0 Å². The molecular formula is C7H10F3NO4S. The van der Waals surface area contributed by atoms with Gasteiger partial charge in [-0.05, 0) is 6.42 Å². The standard InChI is InChI=1S/C7H10F3NO4S/c1-16(14,15)11-3-2-6(4-11,5(12)13)7(8,9)10/h2-4H2,1H3,(H,12,13). The van der Waals surface area contributed by atoms with Crippen LogP contribution in [0.3, 0.4) is 0 Å². The first-order valence-corrected chi connectivity index (χ1v) is 6.11. The van der Waals surface area contributed by atoms with Crippen molar-refractivity contribution in [2.24, 2.45) is 5.41 Å². The molecule has 0 spiro atoms. The summed E-state index contributed by atoms with van der Waals surface area (Å²) < 4.78 is 60.5. The molecule has 1 saturated heterocycles. The Kier molecular flexibility index (Phi) is 2.97. The summed E-state index contributed by atoms with van der Waals surface area (Å²) in [6.45, 7) is -1.48. The summed E-state index contributed by atoms with van der Waals surface area (Å²) in [4.78, 5) is 10.7. The Balaban J connectivity index is 3.09. The van der Waals surface area contributed by atoms with Crippen LogP contribution in [0.5, 0.6) is 0 Å². The van der Waals surface area contributed by atoms with E-state index >= 15 is 0 Å². The molecule has 1 aliphatic heterocycles. The quantitative estimate of drug-likeness (QED) is 0.775. The monoisotopic (exact) mass is 261 g/mol. The van der Waals surface area contributed by atoms with Gasteiger partial charge in [0.25, 0.3) is 0 Å². The molecule has 94 valence electrons. The van der Waals surface area contributed by atoms with E-state index in [1.54, 1.807) is 0 Å². The van der Waals surface area contributed by atoms with Gasteiger partial charge in [0.15, 0.2) is 5.41 Å². The van der Waals surface area contributed by atoms with Crippen molar-refractivity contribution in [1.29, 1.82) is 0 Å². The molecule has 1 heterocycles. The molecular weight excluding hydrogens is 251 g/mol. The third-order valence-electron chi connectivity index (χ3n) is 2.66. The van der Waals surface area contributed by atoms with E-state index in [4.69, 9.17) is 5.11 Å². The van der Waals surface area contributed by atoms with Gasteiger partial charge in [0, 0.05) is 13.1 Å². The van der Waals surface area contributed by atoms with Crippen LogP contribution in [0, 0.1) is 5.41 Å². The highest BCUT2D eigenvalue weighted by molar-refractivity contribution is 7.88. The first-order chi connectivity index (χ1) is 7.01. The first kappa shape index (κ1) is 13.2. The molecule has 5 nitrogen and oxygen atoms in total. The number of carboxylic acid groups (broad SMARTS) is 1. The van der Waals surface area contributed by atoms with Crippen LogP contribution >= 0.6 is 0 Å². The Hall–Kier alpha value is -0.830. The van der Waals surface area contributed by atoms with Gasteiger partial charge in [-0.2, -0.15) is 13.2 Å². The lowest BCUT2D eigenvalue weighted by Crippen LogP contribution is -2.47. The van der Waals surface area contributed by atoms with Gasteiger partial charge in [-0.25, -0.2) is 12.7 Å². The Morgan fingerprint density at radius 1 is 1.44 bits per heavy atom. The predicted molar refractivity (Wildman–Crippen MR) is 47.2 cm³/mol. The Morgan fingerprint density at radius 3 is 2.12 bits per heavy atom. The number of alkyl halides is 3. The van der Waals surface area contributed by atoms with E-state index in [1.165, 1.54) is 0 Å². The number of nitrogens with zero attached hydrogens (tertiary/aromatic N) is 1. The molecule has 0 aromatic heterocycles. The molecule has 0 aliphatic carbocycles. The summed E-state index contributed by atoms with van der Waals surface area (Å²) in [5.74, 6) is -2.04. The minimum absolute atomic E-state index is 0.426. The van der Waals surface area contributed by atoms with Gasteiger partial charge in [-0.1, -0.05) is 0 Å². The lowest BCUT2D eigenvalue weighted by atomic mass is 9.86. The number of carboxylic acids is 1. The number of hydrogen-bond acceptors (Lipinski definition) is 3. The Bertz CT molecular complexity index is 404. The summed E-state index contributed by atoms with van der Waals surface area (Å²) in [5, 5.41) is 8.64. The maximum atomic E-state index is 12.6.